The molecule has 0 spiro atoms. The highest BCUT2D eigenvalue weighted by Gasteiger charge is 2.24. The fourth-order valence-electron chi connectivity index (χ4n) is 1.43. The SMILES string of the molecule is CC(=O)OOS(=O)(=O)OC1CCCCC1. The molecular weight excluding hydrogens is 224 g/mol. The first-order valence-electron chi connectivity index (χ1n) is 4.79. The van der Waals surface area contributed by atoms with Crippen LogP contribution in [0.5, 0.6) is 0 Å². The van der Waals surface area contributed by atoms with Gasteiger partial charge in [0.1, 0.15) is 0 Å². The largest absolute Gasteiger partial charge is 0.435 e. The van der Waals surface area contributed by atoms with E-state index in [1.54, 1.807) is 0 Å². The Balaban J connectivity index is 2.37. The van der Waals surface area contributed by atoms with Crippen LogP contribution >= 0.6 is 0 Å². The Morgan fingerprint density at radius 1 is 1.20 bits per heavy atom. The summed E-state index contributed by atoms with van der Waals surface area (Å²) in [5.41, 5.74) is 0. The van der Waals surface area contributed by atoms with E-state index in [4.69, 9.17) is 4.18 Å². The summed E-state index contributed by atoms with van der Waals surface area (Å²) >= 11 is 0. The molecule has 1 saturated carbocycles. The third-order valence-electron chi connectivity index (χ3n) is 2.04. The lowest BCUT2D eigenvalue weighted by atomic mass is 9.98. The molecular formula is C8H14O6S. The molecule has 0 radical (unpaired) electrons. The van der Waals surface area contributed by atoms with Crippen LogP contribution in [-0.2, 0) is 28.6 Å². The molecule has 0 aromatic heterocycles. The Morgan fingerprint density at radius 2 is 1.80 bits per heavy atom. The van der Waals surface area contributed by atoms with Crippen molar-refractivity contribution in [2.45, 2.75) is 45.1 Å². The lowest BCUT2D eigenvalue weighted by Gasteiger charge is -2.20. The van der Waals surface area contributed by atoms with Crippen LogP contribution in [0.25, 0.3) is 0 Å². The molecule has 0 N–H and O–H groups in total. The molecule has 7 heteroatoms. The van der Waals surface area contributed by atoms with Gasteiger partial charge in [-0.25, -0.2) is 8.98 Å². The van der Waals surface area contributed by atoms with Crippen molar-refractivity contribution in [2.24, 2.45) is 0 Å². The molecule has 0 aromatic carbocycles. The second kappa shape index (κ2) is 5.43. The summed E-state index contributed by atoms with van der Waals surface area (Å²) in [6.07, 6.45) is 3.97. The molecule has 0 bridgehead atoms. The number of rotatable bonds is 4. The normalized spacial score (nSPS) is 18.7. The molecule has 6 nitrogen and oxygen atoms in total. The van der Waals surface area contributed by atoms with Crippen LogP contribution in [0.2, 0.25) is 0 Å². The first-order valence-corrected chi connectivity index (χ1v) is 6.13. The second-order valence-electron chi connectivity index (χ2n) is 3.41. The molecule has 0 amide bonds. The van der Waals surface area contributed by atoms with Gasteiger partial charge in [0.05, 0.1) is 6.10 Å². The summed E-state index contributed by atoms with van der Waals surface area (Å²) in [6, 6.07) is 0. The van der Waals surface area contributed by atoms with E-state index in [9.17, 15) is 13.2 Å². The zero-order chi connectivity index (χ0) is 11.3. The number of carbonyl (C=O) groups excluding carboxylic acids is 1. The molecule has 0 unspecified atom stereocenters. The summed E-state index contributed by atoms with van der Waals surface area (Å²) in [4.78, 5) is 14.2. The predicted molar refractivity (Wildman–Crippen MR) is 49.7 cm³/mol. The Morgan fingerprint density at radius 3 is 2.33 bits per heavy atom. The van der Waals surface area contributed by atoms with E-state index in [0.29, 0.717) is 12.8 Å². The highest BCUT2D eigenvalue weighted by molar-refractivity contribution is 7.81. The molecule has 1 fully saturated rings. The molecule has 0 heterocycles. The molecule has 1 aliphatic carbocycles. The third-order valence-corrected chi connectivity index (χ3v) is 2.78. The fourth-order valence-corrected chi connectivity index (χ4v) is 2.17. The minimum atomic E-state index is -4.22. The molecule has 88 valence electrons. The zero-order valence-corrected chi connectivity index (χ0v) is 9.29. The molecule has 1 aliphatic rings. The minimum Gasteiger partial charge on any atom is -0.280 e. The maximum absolute atomic E-state index is 11.1. The highest BCUT2D eigenvalue weighted by atomic mass is 32.3. The Bertz CT molecular complexity index is 303. The van der Waals surface area contributed by atoms with Crippen LogP contribution in [0, 0.1) is 0 Å². The van der Waals surface area contributed by atoms with E-state index in [-0.39, 0.29) is 6.10 Å². The van der Waals surface area contributed by atoms with E-state index in [1.807, 2.05) is 0 Å². The topological polar surface area (TPSA) is 78.9 Å². The van der Waals surface area contributed by atoms with Gasteiger partial charge in [-0.3, -0.25) is 4.89 Å². The van der Waals surface area contributed by atoms with Crippen LogP contribution in [0.1, 0.15) is 39.0 Å². The summed E-state index contributed by atoms with van der Waals surface area (Å²) in [7, 11) is -4.22. The van der Waals surface area contributed by atoms with Gasteiger partial charge >= 0.3 is 16.4 Å². The van der Waals surface area contributed by atoms with Crippen LogP contribution in [0.15, 0.2) is 0 Å². The monoisotopic (exact) mass is 238 g/mol. The van der Waals surface area contributed by atoms with Crippen molar-refractivity contribution in [3.63, 3.8) is 0 Å². The number of hydrogen-bond acceptors (Lipinski definition) is 6. The van der Waals surface area contributed by atoms with Gasteiger partial charge in [-0.05, 0) is 17.2 Å². The van der Waals surface area contributed by atoms with Crippen LogP contribution in [0.3, 0.4) is 0 Å². The first kappa shape index (κ1) is 12.4. The average Bonchev–Trinajstić information content (AvgIpc) is 2.16. The second-order valence-corrected chi connectivity index (χ2v) is 4.55. The molecule has 0 saturated heterocycles. The van der Waals surface area contributed by atoms with E-state index in [2.05, 4.69) is 9.22 Å². The van der Waals surface area contributed by atoms with Gasteiger partial charge in [0, 0.05) is 6.92 Å². The van der Waals surface area contributed by atoms with E-state index in [0.717, 1.165) is 26.2 Å². The number of hydrogen-bond donors (Lipinski definition) is 0. The van der Waals surface area contributed by atoms with Crippen molar-refractivity contribution in [1.29, 1.82) is 0 Å². The Labute approximate surface area is 88.8 Å². The molecule has 0 aliphatic heterocycles. The van der Waals surface area contributed by atoms with Crippen molar-refractivity contribution >= 4 is 16.4 Å². The van der Waals surface area contributed by atoms with Gasteiger partial charge < -0.3 is 0 Å². The molecule has 1 rings (SSSR count). The smallest absolute Gasteiger partial charge is 0.280 e. The maximum Gasteiger partial charge on any atom is 0.435 e. The van der Waals surface area contributed by atoms with Gasteiger partial charge in [-0.2, -0.15) is 8.42 Å². The summed E-state index contributed by atoms with van der Waals surface area (Å²) in [6.45, 7) is 1.04. The van der Waals surface area contributed by atoms with Gasteiger partial charge in [-0.15, -0.1) is 0 Å². The van der Waals surface area contributed by atoms with Crippen LogP contribution < -0.4 is 0 Å². The van der Waals surface area contributed by atoms with Gasteiger partial charge in [0.2, 0.25) is 0 Å². The van der Waals surface area contributed by atoms with Crippen LogP contribution in [-0.4, -0.2) is 20.5 Å². The third kappa shape index (κ3) is 5.10. The maximum atomic E-state index is 11.1. The van der Waals surface area contributed by atoms with Gasteiger partial charge in [-0.1, -0.05) is 19.3 Å². The van der Waals surface area contributed by atoms with E-state index >= 15 is 0 Å². The quantitative estimate of drug-likeness (QED) is 0.538. The Kier molecular flexibility index (Phi) is 4.49. The van der Waals surface area contributed by atoms with Crippen molar-refractivity contribution in [1.82, 2.24) is 0 Å². The predicted octanol–water partition coefficient (Wildman–Crippen LogP) is 1.08. The van der Waals surface area contributed by atoms with Crippen molar-refractivity contribution in [3.05, 3.63) is 0 Å². The van der Waals surface area contributed by atoms with Crippen molar-refractivity contribution in [3.8, 4) is 0 Å². The molecule has 0 aromatic rings. The first-order chi connectivity index (χ1) is 6.99. The van der Waals surface area contributed by atoms with Crippen molar-refractivity contribution in [2.75, 3.05) is 0 Å². The standard InChI is InChI=1S/C8H14O6S/c1-7(9)12-14-15(10,11)13-8-5-3-2-4-6-8/h8H,2-6H2,1H3. The van der Waals surface area contributed by atoms with Gasteiger partial charge in [0.25, 0.3) is 0 Å². The molecule has 15 heavy (non-hydrogen) atoms. The zero-order valence-electron chi connectivity index (χ0n) is 8.47. The lowest BCUT2D eigenvalue weighted by molar-refractivity contribution is -0.213. The van der Waals surface area contributed by atoms with E-state index < -0.39 is 16.4 Å². The lowest BCUT2D eigenvalue weighted by Crippen LogP contribution is -2.23. The minimum absolute atomic E-state index is 0.362. The Hall–Kier alpha value is -0.660. The van der Waals surface area contributed by atoms with Crippen LogP contribution in [0.4, 0.5) is 0 Å². The molecule has 0 atom stereocenters. The summed E-state index contributed by atoms with van der Waals surface area (Å²) < 4.78 is 30.8. The highest BCUT2D eigenvalue weighted by Crippen LogP contribution is 2.22. The summed E-state index contributed by atoms with van der Waals surface area (Å²) in [5.74, 6) is -0.842. The van der Waals surface area contributed by atoms with Gasteiger partial charge in [0.15, 0.2) is 0 Å². The van der Waals surface area contributed by atoms with Crippen molar-refractivity contribution < 1.29 is 26.6 Å². The summed E-state index contributed by atoms with van der Waals surface area (Å²) in [5, 5.41) is 0. The number of carbonyl (C=O) groups is 1. The average molecular weight is 238 g/mol. The fraction of sp³-hybridized carbons (Fsp3) is 0.875. The van der Waals surface area contributed by atoms with E-state index in [1.165, 1.54) is 0 Å².